The van der Waals surface area contributed by atoms with Crippen molar-refractivity contribution < 1.29 is 57.2 Å². The molecule has 0 rings (SSSR count). The van der Waals surface area contributed by atoms with E-state index in [4.69, 9.17) is 39.6 Å². The third-order valence-electron chi connectivity index (χ3n) is 0. The van der Waals surface area contributed by atoms with Crippen molar-refractivity contribution in [1.29, 1.82) is 0 Å². The molecule has 8 nitrogen and oxygen atoms in total. The highest BCUT2D eigenvalue weighted by Crippen LogP contribution is 1.59. The van der Waals surface area contributed by atoms with E-state index in [1.165, 1.54) is 0 Å². The standard InChI is InChI=1S/C2H4.4CHFO2/c1-2;4*2-1(3)4/h1-2H2;4*(H,3,4). The monoisotopic (exact) mass is 284 g/mol. The smallest absolute Gasteiger partial charge is 0.456 e. The molecule has 0 fully saturated rings. The van der Waals surface area contributed by atoms with Crippen molar-refractivity contribution in [2.75, 3.05) is 0 Å². The first-order valence-electron chi connectivity index (χ1n) is 2.97. The maximum Gasteiger partial charge on any atom is 0.492 e. The van der Waals surface area contributed by atoms with Crippen molar-refractivity contribution in [2.45, 2.75) is 0 Å². The molecule has 18 heavy (non-hydrogen) atoms. The summed E-state index contributed by atoms with van der Waals surface area (Å²) in [5, 5.41) is 27.0. The lowest BCUT2D eigenvalue weighted by molar-refractivity contribution is 0.167. The molecule has 0 spiro atoms. The van der Waals surface area contributed by atoms with Crippen LogP contribution in [0.3, 0.4) is 0 Å². The van der Waals surface area contributed by atoms with Gasteiger partial charge in [-0.2, -0.15) is 0 Å². The van der Waals surface area contributed by atoms with Crippen molar-refractivity contribution in [3.05, 3.63) is 13.2 Å². The molecule has 0 atom stereocenters. The summed E-state index contributed by atoms with van der Waals surface area (Å²) in [6.07, 6.45) is -9.33. The van der Waals surface area contributed by atoms with Gasteiger partial charge in [0, 0.05) is 0 Å². The summed E-state index contributed by atoms with van der Waals surface area (Å²) >= 11 is 0. The molecule has 0 saturated heterocycles. The largest absolute Gasteiger partial charge is 0.492 e. The Bertz CT molecular complexity index is 180. The van der Waals surface area contributed by atoms with Gasteiger partial charge >= 0.3 is 24.9 Å². The molecule has 0 aliphatic rings. The predicted molar refractivity (Wildman–Crippen MR) is 47.8 cm³/mol. The fourth-order valence-electron chi connectivity index (χ4n) is 0. The molecule has 4 N–H and O–H groups in total. The maximum absolute atomic E-state index is 9.92. The zero-order chi connectivity index (χ0) is 16.3. The first-order valence-corrected chi connectivity index (χ1v) is 2.97. The zero-order valence-corrected chi connectivity index (χ0v) is 8.35. The van der Waals surface area contributed by atoms with E-state index in [0.717, 1.165) is 0 Å². The Kier molecular flexibility index (Phi) is 47.9. The van der Waals surface area contributed by atoms with E-state index in [9.17, 15) is 17.6 Å². The quantitative estimate of drug-likeness (QED) is 0.300. The van der Waals surface area contributed by atoms with Crippen molar-refractivity contribution in [2.24, 2.45) is 0 Å². The normalized spacial score (nSPS) is 5.78. The molecule has 0 aromatic rings. The highest BCUT2D eigenvalue weighted by atomic mass is 19.2. The second-order valence-corrected chi connectivity index (χ2v) is 1.01. The second-order valence-electron chi connectivity index (χ2n) is 1.01. The van der Waals surface area contributed by atoms with Crippen LogP contribution in [0.15, 0.2) is 13.2 Å². The van der Waals surface area contributed by atoms with Gasteiger partial charge in [-0.05, 0) is 0 Å². The predicted octanol–water partition coefficient (Wildman–Crippen LogP) is 3.34. The summed E-state index contributed by atoms with van der Waals surface area (Å²) in [7, 11) is 0. The molecular weight excluding hydrogens is 276 g/mol. The highest BCUT2D eigenvalue weighted by molar-refractivity contribution is 5.55. The SMILES string of the molecule is C=C.O=C(O)F.O=C(O)F.O=C(O)F.O=C(O)F. The topological polar surface area (TPSA) is 149 Å². The minimum atomic E-state index is -2.33. The number of rotatable bonds is 0. The van der Waals surface area contributed by atoms with Gasteiger partial charge in [-0.3, -0.25) is 0 Å². The van der Waals surface area contributed by atoms with E-state index < -0.39 is 24.9 Å². The van der Waals surface area contributed by atoms with E-state index in [2.05, 4.69) is 13.2 Å². The highest BCUT2D eigenvalue weighted by Gasteiger charge is 1.75. The molecule has 0 amide bonds. The minimum absolute atomic E-state index is 2.33. The number of carbonyl (C=O) groups is 4. The Labute approximate surface area is 96.4 Å². The third kappa shape index (κ3) is 287. The van der Waals surface area contributed by atoms with E-state index in [1.807, 2.05) is 0 Å². The van der Waals surface area contributed by atoms with Crippen LogP contribution in [0.4, 0.5) is 36.7 Å². The van der Waals surface area contributed by atoms with Crippen LogP contribution in [0.1, 0.15) is 0 Å². The second kappa shape index (κ2) is 29.3. The van der Waals surface area contributed by atoms with Crippen LogP contribution < -0.4 is 0 Å². The summed E-state index contributed by atoms with van der Waals surface area (Å²) in [6, 6.07) is 0. The van der Waals surface area contributed by atoms with Gasteiger partial charge in [0.2, 0.25) is 0 Å². The van der Waals surface area contributed by atoms with Gasteiger partial charge in [0.25, 0.3) is 0 Å². The van der Waals surface area contributed by atoms with Crippen molar-refractivity contribution >= 4 is 24.9 Å². The molecule has 108 valence electrons. The average Bonchev–Trinajstić information content (AvgIpc) is 2.01. The van der Waals surface area contributed by atoms with Crippen LogP contribution in [0, 0.1) is 0 Å². The van der Waals surface area contributed by atoms with E-state index in [-0.39, 0.29) is 0 Å². The lowest BCUT2D eigenvalue weighted by Crippen LogP contribution is -1.69. The van der Waals surface area contributed by atoms with Crippen LogP contribution in [0.25, 0.3) is 0 Å². The van der Waals surface area contributed by atoms with Gasteiger partial charge in [0.05, 0.1) is 0 Å². The van der Waals surface area contributed by atoms with Gasteiger partial charge in [-0.15, -0.1) is 30.7 Å². The molecule has 0 saturated carbocycles. The first kappa shape index (κ1) is 29.5. The number of halogens is 4. The number of hydrogen-bond acceptors (Lipinski definition) is 4. The van der Waals surface area contributed by atoms with Gasteiger partial charge in [-0.25, -0.2) is 19.2 Å². The van der Waals surface area contributed by atoms with Crippen molar-refractivity contribution in [3.8, 4) is 0 Å². The molecular formula is C6H8F4O8. The van der Waals surface area contributed by atoms with Crippen LogP contribution in [0.2, 0.25) is 0 Å². The molecule has 0 radical (unpaired) electrons. The van der Waals surface area contributed by atoms with Gasteiger partial charge < -0.3 is 20.4 Å². The average molecular weight is 284 g/mol. The van der Waals surface area contributed by atoms with Gasteiger partial charge in [-0.1, -0.05) is 0 Å². The van der Waals surface area contributed by atoms with Crippen LogP contribution in [-0.4, -0.2) is 45.3 Å². The van der Waals surface area contributed by atoms with Crippen LogP contribution in [-0.2, 0) is 0 Å². The summed E-state index contributed by atoms with van der Waals surface area (Å²) in [5.74, 6) is 0. The molecule has 0 aromatic heterocycles. The van der Waals surface area contributed by atoms with E-state index in [1.54, 1.807) is 0 Å². The van der Waals surface area contributed by atoms with Crippen LogP contribution >= 0.6 is 0 Å². The molecule has 0 heterocycles. The molecule has 0 aromatic carbocycles. The fourth-order valence-corrected chi connectivity index (χ4v) is 0. The Morgan fingerprint density at radius 1 is 0.556 bits per heavy atom. The van der Waals surface area contributed by atoms with E-state index in [0.29, 0.717) is 0 Å². The summed E-state index contributed by atoms with van der Waals surface area (Å²) < 4.78 is 39.7. The molecule has 0 unspecified atom stereocenters. The third-order valence-corrected chi connectivity index (χ3v) is 0. The molecule has 0 aliphatic heterocycles. The maximum atomic E-state index is 9.92. The summed E-state index contributed by atoms with van der Waals surface area (Å²) in [4.78, 5) is 33.3. The van der Waals surface area contributed by atoms with Gasteiger partial charge in [0.1, 0.15) is 0 Å². The fraction of sp³-hybridized carbons (Fsp3) is 0. The molecule has 0 aliphatic carbocycles. The Morgan fingerprint density at radius 2 is 0.556 bits per heavy atom. The first-order chi connectivity index (χ1) is 7.93. The van der Waals surface area contributed by atoms with Gasteiger partial charge in [0.15, 0.2) is 0 Å². The zero-order valence-electron chi connectivity index (χ0n) is 8.35. The van der Waals surface area contributed by atoms with E-state index >= 15 is 0 Å². The van der Waals surface area contributed by atoms with Crippen LogP contribution in [0.5, 0.6) is 0 Å². The number of hydrogen-bond donors (Lipinski definition) is 4. The van der Waals surface area contributed by atoms with Crippen molar-refractivity contribution in [3.63, 3.8) is 0 Å². The van der Waals surface area contributed by atoms with Crippen molar-refractivity contribution in [1.82, 2.24) is 0 Å². The Hall–Kier alpha value is -2.66. The number of carboxylic acid groups (broad SMARTS) is 4. The Balaban J connectivity index is -0.0000000399. The molecule has 0 bridgehead atoms. The Morgan fingerprint density at radius 3 is 0.556 bits per heavy atom. The summed E-state index contributed by atoms with van der Waals surface area (Å²) in [6.45, 7) is 6.00. The lowest BCUT2D eigenvalue weighted by atomic mass is 11.3. The minimum Gasteiger partial charge on any atom is -0.456 e. The molecule has 12 heteroatoms. The lowest BCUT2D eigenvalue weighted by Gasteiger charge is -1.53. The summed E-state index contributed by atoms with van der Waals surface area (Å²) in [5.41, 5.74) is 0.